The highest BCUT2D eigenvalue weighted by Crippen LogP contribution is 2.61. The number of aromatic nitrogens is 1. The summed E-state index contributed by atoms with van der Waals surface area (Å²) in [6, 6.07) is 4.15. The van der Waals surface area contributed by atoms with Gasteiger partial charge in [-0.25, -0.2) is 0 Å². The average Bonchev–Trinajstić information content (AvgIpc) is 2.72. The van der Waals surface area contributed by atoms with Gasteiger partial charge < -0.3 is 5.32 Å². The zero-order valence-electron chi connectivity index (χ0n) is 8.46. The summed E-state index contributed by atoms with van der Waals surface area (Å²) in [5.74, 6) is 0. The van der Waals surface area contributed by atoms with Gasteiger partial charge in [0, 0.05) is 12.4 Å². The zero-order chi connectivity index (χ0) is 9.53. The molecule has 1 fully saturated rings. The van der Waals surface area contributed by atoms with E-state index < -0.39 is 0 Å². The summed E-state index contributed by atoms with van der Waals surface area (Å²) in [4.78, 5) is 4.16. The van der Waals surface area contributed by atoms with Gasteiger partial charge in [0.25, 0.3) is 0 Å². The van der Waals surface area contributed by atoms with Crippen LogP contribution in [-0.2, 0) is 5.54 Å². The predicted molar refractivity (Wildman–Crippen MR) is 53.4 cm³/mol. The minimum Gasteiger partial charge on any atom is -0.310 e. The molecule has 1 aromatic rings. The zero-order valence-corrected chi connectivity index (χ0v) is 8.46. The number of rotatable bonds is 2. The topological polar surface area (TPSA) is 24.9 Å². The van der Waals surface area contributed by atoms with Crippen LogP contribution in [0.25, 0.3) is 0 Å². The monoisotopic (exact) mass is 176 g/mol. The molecule has 1 aliphatic rings. The molecular formula is C11H16N2. The van der Waals surface area contributed by atoms with Crippen LogP contribution in [0.3, 0.4) is 0 Å². The Hall–Kier alpha value is -0.890. The summed E-state index contributed by atoms with van der Waals surface area (Å²) in [6.45, 7) is 4.58. The van der Waals surface area contributed by atoms with Crippen molar-refractivity contribution in [3.05, 3.63) is 30.1 Å². The molecule has 0 aliphatic heterocycles. The van der Waals surface area contributed by atoms with Crippen LogP contribution < -0.4 is 5.32 Å². The Kier molecular flexibility index (Phi) is 1.70. The first kappa shape index (κ1) is 8.70. The van der Waals surface area contributed by atoms with Gasteiger partial charge in [0.2, 0.25) is 0 Å². The molecule has 1 heterocycles. The Morgan fingerprint density at radius 3 is 2.54 bits per heavy atom. The Morgan fingerprint density at radius 2 is 2.15 bits per heavy atom. The maximum Gasteiger partial charge on any atom is 0.0505 e. The quantitative estimate of drug-likeness (QED) is 0.744. The number of pyridine rings is 1. The molecule has 1 aromatic heterocycles. The van der Waals surface area contributed by atoms with Crippen LogP contribution in [0.5, 0.6) is 0 Å². The third-order valence-electron chi connectivity index (χ3n) is 3.32. The van der Waals surface area contributed by atoms with Gasteiger partial charge in [-0.05, 0) is 30.5 Å². The highest BCUT2D eigenvalue weighted by Gasteiger charge is 2.61. The molecular weight excluding hydrogens is 160 g/mol. The molecule has 0 aromatic carbocycles. The Balaban J connectivity index is 2.37. The van der Waals surface area contributed by atoms with Gasteiger partial charge >= 0.3 is 0 Å². The van der Waals surface area contributed by atoms with E-state index in [1.807, 2.05) is 25.5 Å². The van der Waals surface area contributed by atoms with E-state index in [9.17, 15) is 0 Å². The Bertz CT molecular complexity index is 305. The Labute approximate surface area is 79.4 Å². The third kappa shape index (κ3) is 1.09. The number of nitrogens with one attached hydrogen (secondary N) is 1. The molecule has 0 spiro atoms. The first-order chi connectivity index (χ1) is 6.12. The van der Waals surface area contributed by atoms with Crippen molar-refractivity contribution in [2.24, 2.45) is 5.41 Å². The van der Waals surface area contributed by atoms with Crippen LogP contribution in [0.2, 0.25) is 0 Å². The van der Waals surface area contributed by atoms with Gasteiger partial charge in [0.1, 0.15) is 0 Å². The van der Waals surface area contributed by atoms with Crippen LogP contribution in [-0.4, -0.2) is 12.0 Å². The van der Waals surface area contributed by atoms with Crippen LogP contribution in [0.1, 0.15) is 25.8 Å². The summed E-state index contributed by atoms with van der Waals surface area (Å²) in [5.41, 5.74) is 1.84. The summed E-state index contributed by atoms with van der Waals surface area (Å²) >= 11 is 0. The highest BCUT2D eigenvalue weighted by molar-refractivity contribution is 5.33. The van der Waals surface area contributed by atoms with E-state index in [4.69, 9.17) is 0 Å². The lowest BCUT2D eigenvalue weighted by molar-refractivity contribution is 0.440. The molecule has 1 unspecified atom stereocenters. The van der Waals surface area contributed by atoms with Crippen molar-refractivity contribution in [1.82, 2.24) is 10.3 Å². The Morgan fingerprint density at radius 1 is 1.46 bits per heavy atom. The van der Waals surface area contributed by atoms with Gasteiger partial charge in [-0.1, -0.05) is 19.9 Å². The van der Waals surface area contributed by atoms with Crippen LogP contribution in [0, 0.1) is 5.41 Å². The molecule has 2 nitrogen and oxygen atoms in total. The maximum atomic E-state index is 4.16. The van der Waals surface area contributed by atoms with E-state index >= 15 is 0 Å². The molecule has 0 amide bonds. The van der Waals surface area contributed by atoms with Gasteiger partial charge in [0.05, 0.1) is 5.54 Å². The van der Waals surface area contributed by atoms with Crippen molar-refractivity contribution in [3.63, 3.8) is 0 Å². The minimum absolute atomic E-state index is 0.168. The molecule has 0 bridgehead atoms. The van der Waals surface area contributed by atoms with Crippen molar-refractivity contribution in [3.8, 4) is 0 Å². The first-order valence-corrected chi connectivity index (χ1v) is 4.72. The molecule has 1 atom stereocenters. The maximum absolute atomic E-state index is 4.16. The summed E-state index contributed by atoms with van der Waals surface area (Å²) in [5, 5.41) is 3.42. The van der Waals surface area contributed by atoms with Gasteiger partial charge in [-0.15, -0.1) is 0 Å². The summed E-state index contributed by atoms with van der Waals surface area (Å²) in [7, 11) is 2.03. The van der Waals surface area contributed by atoms with E-state index in [0.717, 1.165) is 0 Å². The number of hydrogen-bond acceptors (Lipinski definition) is 2. The standard InChI is InChI=1S/C11H16N2/c1-10(2)8-11(10,12-3)9-5-4-6-13-7-9/h4-7,12H,8H2,1-3H3. The highest BCUT2D eigenvalue weighted by atomic mass is 15.0. The largest absolute Gasteiger partial charge is 0.310 e. The molecule has 0 saturated heterocycles. The fourth-order valence-electron chi connectivity index (χ4n) is 2.30. The lowest BCUT2D eigenvalue weighted by Crippen LogP contribution is -2.30. The van der Waals surface area contributed by atoms with Crippen molar-refractivity contribution >= 4 is 0 Å². The fraction of sp³-hybridized carbons (Fsp3) is 0.545. The van der Waals surface area contributed by atoms with E-state index in [1.54, 1.807) is 0 Å². The van der Waals surface area contributed by atoms with Gasteiger partial charge in [-0.2, -0.15) is 0 Å². The molecule has 2 heteroatoms. The van der Waals surface area contributed by atoms with Crippen molar-refractivity contribution in [1.29, 1.82) is 0 Å². The van der Waals surface area contributed by atoms with Gasteiger partial charge in [0.15, 0.2) is 0 Å². The molecule has 1 aliphatic carbocycles. The first-order valence-electron chi connectivity index (χ1n) is 4.72. The SMILES string of the molecule is CNC1(c2cccnc2)CC1(C)C. The molecule has 1 saturated carbocycles. The normalized spacial score (nSPS) is 30.1. The number of hydrogen-bond donors (Lipinski definition) is 1. The second-order valence-electron chi connectivity index (χ2n) is 4.46. The smallest absolute Gasteiger partial charge is 0.0505 e. The van der Waals surface area contributed by atoms with Gasteiger partial charge in [-0.3, -0.25) is 4.98 Å². The number of nitrogens with zero attached hydrogens (tertiary/aromatic N) is 1. The third-order valence-corrected chi connectivity index (χ3v) is 3.32. The van der Waals surface area contributed by atoms with Crippen molar-refractivity contribution in [2.45, 2.75) is 25.8 Å². The molecule has 13 heavy (non-hydrogen) atoms. The summed E-state index contributed by atoms with van der Waals surface area (Å²) in [6.07, 6.45) is 4.98. The molecule has 70 valence electrons. The summed E-state index contributed by atoms with van der Waals surface area (Å²) < 4.78 is 0. The van der Waals surface area contributed by atoms with E-state index in [1.165, 1.54) is 12.0 Å². The lowest BCUT2D eigenvalue weighted by atomic mass is 9.98. The van der Waals surface area contributed by atoms with E-state index in [0.29, 0.717) is 5.41 Å². The van der Waals surface area contributed by atoms with Crippen LogP contribution >= 0.6 is 0 Å². The lowest BCUT2D eigenvalue weighted by Gasteiger charge is -2.19. The van der Waals surface area contributed by atoms with Crippen molar-refractivity contribution in [2.75, 3.05) is 7.05 Å². The molecule has 0 radical (unpaired) electrons. The van der Waals surface area contributed by atoms with Crippen LogP contribution in [0.15, 0.2) is 24.5 Å². The van der Waals surface area contributed by atoms with E-state index in [2.05, 4.69) is 30.2 Å². The fourth-order valence-corrected chi connectivity index (χ4v) is 2.30. The minimum atomic E-state index is 0.168. The second kappa shape index (κ2) is 2.55. The average molecular weight is 176 g/mol. The van der Waals surface area contributed by atoms with Crippen LogP contribution in [0.4, 0.5) is 0 Å². The second-order valence-corrected chi connectivity index (χ2v) is 4.46. The van der Waals surface area contributed by atoms with E-state index in [-0.39, 0.29) is 5.54 Å². The van der Waals surface area contributed by atoms with Crippen molar-refractivity contribution < 1.29 is 0 Å². The predicted octanol–water partition coefficient (Wildman–Crippen LogP) is 1.93. The molecule has 2 rings (SSSR count). The molecule has 1 N–H and O–H groups in total.